The predicted molar refractivity (Wildman–Crippen MR) is 39.2 cm³/mol. The molecule has 0 aromatic carbocycles. The maximum absolute atomic E-state index is 12.8. The lowest BCUT2D eigenvalue weighted by molar-refractivity contribution is -0.446. The first-order chi connectivity index (χ1) is 7.50. The summed E-state index contributed by atoms with van der Waals surface area (Å²) in [6.45, 7) is 0. The average molecular weight is 333 g/mol. The van der Waals surface area contributed by atoms with Crippen LogP contribution in [0.5, 0.6) is 0 Å². The zero-order valence-electron chi connectivity index (χ0n) is 7.54. The number of hydrogen-bond acceptors (Lipinski definition) is 0. The van der Waals surface area contributed by atoms with Crippen LogP contribution in [0, 0.1) is 0 Å². The molecule has 0 aromatic heterocycles. The van der Waals surface area contributed by atoms with E-state index in [9.17, 15) is 43.9 Å². The summed E-state index contributed by atoms with van der Waals surface area (Å²) < 4.78 is 121. The third kappa shape index (κ3) is 1.21. The fourth-order valence-electron chi connectivity index (χ4n) is 1.18. The molecule has 0 radical (unpaired) electrons. The fourth-order valence-corrected chi connectivity index (χ4v) is 1.66. The second-order valence-corrected chi connectivity index (χ2v) is 4.77. The van der Waals surface area contributed by atoms with Crippen LogP contribution in [0.3, 0.4) is 0 Å². The second-order valence-electron chi connectivity index (χ2n) is 3.45. The third-order valence-corrected chi connectivity index (χ3v) is 3.32. The van der Waals surface area contributed by atoms with Crippen LogP contribution in [0.2, 0.25) is 0 Å². The topological polar surface area (TPSA) is 0 Å². The SMILES string of the molecule is FC1(F)C(F)(F)C(F)(F)C(Cl)(Cl)C(F)(F)C1(F)F. The highest BCUT2D eigenvalue weighted by molar-refractivity contribution is 6.50. The van der Waals surface area contributed by atoms with Crippen LogP contribution >= 0.6 is 23.2 Å². The van der Waals surface area contributed by atoms with Crippen molar-refractivity contribution in [1.82, 2.24) is 0 Å². The van der Waals surface area contributed by atoms with E-state index in [0.29, 0.717) is 0 Å². The van der Waals surface area contributed by atoms with Gasteiger partial charge in [-0.3, -0.25) is 0 Å². The highest BCUT2D eigenvalue weighted by atomic mass is 35.5. The molecule has 0 nitrogen and oxygen atoms in total. The Hall–Kier alpha value is -0.120. The molecular formula is C6Cl2F10. The zero-order chi connectivity index (χ0) is 15.0. The summed E-state index contributed by atoms with van der Waals surface area (Å²) in [6, 6.07) is 0. The summed E-state index contributed by atoms with van der Waals surface area (Å²) in [5, 5.41) is 0. The van der Waals surface area contributed by atoms with Crippen LogP contribution < -0.4 is 0 Å². The van der Waals surface area contributed by atoms with Gasteiger partial charge in [-0.15, -0.1) is 0 Å². The minimum absolute atomic E-state index is 4.12. The first-order valence-corrected chi connectivity index (χ1v) is 4.52. The number of hydrogen-bond donors (Lipinski definition) is 0. The Kier molecular flexibility index (Phi) is 2.93. The summed E-state index contributed by atoms with van der Waals surface area (Å²) in [4.78, 5) is 0. The highest BCUT2D eigenvalue weighted by Gasteiger charge is 3.00. The molecule has 1 aliphatic carbocycles. The van der Waals surface area contributed by atoms with Gasteiger partial charge >= 0.3 is 29.6 Å². The Balaban J connectivity index is 3.72. The van der Waals surface area contributed by atoms with Gasteiger partial charge in [0.15, 0.2) is 0 Å². The quantitative estimate of drug-likeness (QED) is 0.457. The summed E-state index contributed by atoms with van der Waals surface area (Å²) >= 11 is 8.25. The molecule has 0 aliphatic heterocycles. The number of halogens is 12. The van der Waals surface area contributed by atoms with Gasteiger partial charge in [0.1, 0.15) is 0 Å². The van der Waals surface area contributed by atoms with E-state index in [0.717, 1.165) is 0 Å². The van der Waals surface area contributed by atoms with Crippen molar-refractivity contribution >= 4 is 23.2 Å². The average Bonchev–Trinajstić information content (AvgIpc) is 2.14. The normalized spacial score (nSPS) is 34.0. The van der Waals surface area contributed by atoms with Crippen LogP contribution in [0.4, 0.5) is 43.9 Å². The van der Waals surface area contributed by atoms with Crippen LogP contribution in [0.1, 0.15) is 0 Å². The standard InChI is InChI=1S/C6Cl2F10/c7-1(8)2(9,10)4(13,14)6(17,18)5(15,16)3(1,11)12. The molecule has 0 amide bonds. The van der Waals surface area contributed by atoms with Crippen LogP contribution in [0.15, 0.2) is 0 Å². The van der Waals surface area contributed by atoms with Crippen LogP contribution in [-0.2, 0) is 0 Å². The van der Waals surface area contributed by atoms with Gasteiger partial charge in [-0.2, -0.15) is 43.9 Å². The maximum Gasteiger partial charge on any atom is 0.384 e. The van der Waals surface area contributed by atoms with Gasteiger partial charge in [0.2, 0.25) is 0 Å². The largest absolute Gasteiger partial charge is 0.384 e. The monoisotopic (exact) mass is 332 g/mol. The summed E-state index contributed by atoms with van der Waals surface area (Å²) in [5.74, 6) is -33.8. The van der Waals surface area contributed by atoms with Crippen molar-refractivity contribution in [2.24, 2.45) is 0 Å². The van der Waals surface area contributed by atoms with Crippen molar-refractivity contribution in [2.45, 2.75) is 33.9 Å². The van der Waals surface area contributed by atoms with Crippen molar-refractivity contribution in [3.63, 3.8) is 0 Å². The Morgan fingerprint density at radius 1 is 0.389 bits per heavy atom. The second kappa shape index (κ2) is 3.31. The molecule has 0 heterocycles. The first-order valence-electron chi connectivity index (χ1n) is 3.77. The summed E-state index contributed by atoms with van der Waals surface area (Å²) in [7, 11) is 0. The van der Waals surface area contributed by atoms with Crippen molar-refractivity contribution in [2.75, 3.05) is 0 Å². The lowest BCUT2D eigenvalue weighted by Crippen LogP contribution is -2.81. The molecule has 0 saturated heterocycles. The summed E-state index contributed by atoms with van der Waals surface area (Å²) in [5.41, 5.74) is 0. The van der Waals surface area contributed by atoms with Gasteiger partial charge in [-0.05, 0) is 0 Å². The molecule has 1 rings (SSSR count). The van der Waals surface area contributed by atoms with E-state index in [2.05, 4.69) is 23.2 Å². The fraction of sp³-hybridized carbons (Fsp3) is 1.00. The van der Waals surface area contributed by atoms with Gasteiger partial charge in [-0.1, -0.05) is 23.2 Å². The van der Waals surface area contributed by atoms with E-state index >= 15 is 0 Å². The van der Waals surface area contributed by atoms with Crippen molar-refractivity contribution in [3.8, 4) is 0 Å². The smallest absolute Gasteiger partial charge is 0.196 e. The summed E-state index contributed by atoms with van der Waals surface area (Å²) in [6.07, 6.45) is 0. The molecule has 1 aliphatic rings. The highest BCUT2D eigenvalue weighted by Crippen LogP contribution is 2.71. The van der Waals surface area contributed by atoms with Crippen molar-refractivity contribution in [3.05, 3.63) is 0 Å². The molecule has 0 atom stereocenters. The van der Waals surface area contributed by atoms with E-state index in [-0.39, 0.29) is 0 Å². The maximum atomic E-state index is 12.8. The van der Waals surface area contributed by atoms with Gasteiger partial charge in [-0.25, -0.2) is 0 Å². The molecule has 0 spiro atoms. The van der Waals surface area contributed by atoms with Gasteiger partial charge in [0, 0.05) is 0 Å². The van der Waals surface area contributed by atoms with Crippen LogP contribution in [-0.4, -0.2) is 33.9 Å². The molecule has 0 bridgehead atoms. The lowest BCUT2D eigenvalue weighted by atomic mass is 9.82. The molecule has 1 saturated carbocycles. The lowest BCUT2D eigenvalue weighted by Gasteiger charge is -2.51. The van der Waals surface area contributed by atoms with Crippen molar-refractivity contribution < 1.29 is 43.9 Å². The molecule has 12 heteroatoms. The zero-order valence-corrected chi connectivity index (χ0v) is 9.05. The Bertz CT molecular complexity index is 256. The van der Waals surface area contributed by atoms with Gasteiger partial charge in [0.05, 0.1) is 0 Å². The number of rotatable bonds is 0. The van der Waals surface area contributed by atoms with Gasteiger partial charge in [0.25, 0.3) is 4.33 Å². The van der Waals surface area contributed by atoms with E-state index in [1.807, 2.05) is 0 Å². The molecule has 0 unspecified atom stereocenters. The van der Waals surface area contributed by atoms with E-state index in [4.69, 9.17) is 0 Å². The molecule has 0 N–H and O–H groups in total. The Morgan fingerprint density at radius 3 is 0.778 bits per heavy atom. The number of alkyl halides is 12. The van der Waals surface area contributed by atoms with E-state index in [1.54, 1.807) is 0 Å². The van der Waals surface area contributed by atoms with E-state index in [1.165, 1.54) is 0 Å². The molecular weight excluding hydrogens is 333 g/mol. The van der Waals surface area contributed by atoms with Crippen LogP contribution in [0.25, 0.3) is 0 Å². The third-order valence-electron chi connectivity index (χ3n) is 2.37. The van der Waals surface area contributed by atoms with E-state index < -0.39 is 33.9 Å². The Labute approximate surface area is 102 Å². The van der Waals surface area contributed by atoms with Crippen molar-refractivity contribution in [1.29, 1.82) is 0 Å². The molecule has 18 heavy (non-hydrogen) atoms. The molecule has 108 valence electrons. The first kappa shape index (κ1) is 15.9. The minimum atomic E-state index is -7.04. The predicted octanol–water partition coefficient (Wildman–Crippen LogP) is 4.35. The molecule has 0 aromatic rings. The van der Waals surface area contributed by atoms with Gasteiger partial charge < -0.3 is 0 Å². The minimum Gasteiger partial charge on any atom is -0.196 e. The molecule has 1 fully saturated rings. The Morgan fingerprint density at radius 2 is 0.556 bits per heavy atom.